The first kappa shape index (κ1) is 22.9. The third-order valence-corrected chi connectivity index (χ3v) is 8.98. The molecule has 2 saturated carbocycles. The highest BCUT2D eigenvalue weighted by molar-refractivity contribution is 7.91. The molecular formula is C25H30N4O4S. The molecule has 0 spiro atoms. The number of hydrogen-bond acceptors (Lipinski definition) is 7. The zero-order valence-electron chi connectivity index (χ0n) is 19.4. The quantitative estimate of drug-likeness (QED) is 0.695. The number of hydrogen-bond donors (Lipinski definition) is 1. The summed E-state index contributed by atoms with van der Waals surface area (Å²) in [6.45, 7) is 2.70. The van der Waals surface area contributed by atoms with Crippen LogP contribution in [0.5, 0.6) is 0 Å². The van der Waals surface area contributed by atoms with E-state index in [4.69, 9.17) is 9.40 Å². The Kier molecular flexibility index (Phi) is 5.88. The van der Waals surface area contributed by atoms with E-state index >= 15 is 0 Å². The lowest BCUT2D eigenvalue weighted by Gasteiger charge is -2.32. The van der Waals surface area contributed by atoms with Crippen molar-refractivity contribution in [1.29, 1.82) is 5.26 Å². The van der Waals surface area contributed by atoms with E-state index in [9.17, 15) is 18.5 Å². The summed E-state index contributed by atoms with van der Waals surface area (Å²) < 4.78 is 30.1. The first-order valence-electron chi connectivity index (χ1n) is 12.1. The van der Waals surface area contributed by atoms with Gasteiger partial charge in [-0.15, -0.1) is 0 Å². The molecule has 2 aromatic rings. The average Bonchev–Trinajstić information content (AvgIpc) is 3.50. The third kappa shape index (κ3) is 4.43. The maximum Gasteiger partial charge on any atom is 0.225 e. The molecule has 180 valence electrons. The Hall–Kier alpha value is -2.86. The number of oxazole rings is 1. The number of anilines is 1. The van der Waals surface area contributed by atoms with Crippen molar-refractivity contribution in [3.63, 3.8) is 0 Å². The van der Waals surface area contributed by atoms with Crippen LogP contribution < -0.4 is 10.2 Å². The summed E-state index contributed by atoms with van der Waals surface area (Å²) in [4.78, 5) is 20.1. The number of amides is 1. The van der Waals surface area contributed by atoms with Crippen molar-refractivity contribution < 1.29 is 17.6 Å². The van der Waals surface area contributed by atoms with Crippen LogP contribution in [-0.4, -0.2) is 49.4 Å². The minimum Gasteiger partial charge on any atom is -0.445 e. The molecule has 2 aliphatic carbocycles. The number of sulfone groups is 1. The third-order valence-electron chi connectivity index (χ3n) is 7.37. The van der Waals surface area contributed by atoms with Crippen LogP contribution in [0.3, 0.4) is 0 Å². The number of nitrogens with one attached hydrogen (secondary N) is 1. The summed E-state index contributed by atoms with van der Waals surface area (Å²) in [5.41, 5.74) is 1.87. The molecule has 34 heavy (non-hydrogen) atoms. The summed E-state index contributed by atoms with van der Waals surface area (Å²) in [5, 5.41) is 12.4. The fourth-order valence-electron chi connectivity index (χ4n) is 5.27. The molecule has 8 nitrogen and oxygen atoms in total. The predicted molar refractivity (Wildman–Crippen MR) is 128 cm³/mol. The van der Waals surface area contributed by atoms with Crippen molar-refractivity contribution >= 4 is 21.4 Å². The lowest BCUT2D eigenvalue weighted by Crippen LogP contribution is -2.42. The van der Waals surface area contributed by atoms with E-state index in [1.807, 2.05) is 31.2 Å². The summed E-state index contributed by atoms with van der Waals surface area (Å²) in [5.74, 6) is 1.08. The van der Waals surface area contributed by atoms with E-state index < -0.39 is 15.4 Å². The van der Waals surface area contributed by atoms with Crippen LogP contribution in [0.25, 0.3) is 11.3 Å². The first-order valence-corrected chi connectivity index (χ1v) is 13.9. The van der Waals surface area contributed by atoms with E-state index in [0.717, 1.165) is 48.4 Å². The van der Waals surface area contributed by atoms with E-state index in [0.29, 0.717) is 31.8 Å². The minimum absolute atomic E-state index is 0.0710. The van der Waals surface area contributed by atoms with Crippen LogP contribution in [0.15, 0.2) is 28.7 Å². The number of aryl methyl sites for hydroxylation is 1. The van der Waals surface area contributed by atoms with E-state index in [-0.39, 0.29) is 29.2 Å². The maximum absolute atomic E-state index is 13.2. The second-order valence-electron chi connectivity index (χ2n) is 9.78. The summed E-state index contributed by atoms with van der Waals surface area (Å²) >= 11 is 0. The number of para-hydroxylation sites is 1. The number of rotatable bonds is 5. The zero-order chi connectivity index (χ0) is 23.9. The molecule has 2 heterocycles. The van der Waals surface area contributed by atoms with Gasteiger partial charge in [0.2, 0.25) is 5.91 Å². The highest BCUT2D eigenvalue weighted by Crippen LogP contribution is 2.45. The Labute approximate surface area is 200 Å². The molecule has 0 unspecified atom stereocenters. The van der Waals surface area contributed by atoms with Gasteiger partial charge in [0.15, 0.2) is 15.7 Å². The highest BCUT2D eigenvalue weighted by atomic mass is 32.2. The van der Waals surface area contributed by atoms with Crippen LogP contribution in [0.4, 0.5) is 5.69 Å². The maximum atomic E-state index is 13.2. The molecule has 0 radical (unpaired) electrons. The standard InChI is InChI=1S/C25H30N4O4S/c1-17-27-22(20-8-4-5-9-21(20)29-12-14-34(31,32)15-13-29)23(33-17)18-6-2-3-7-19(18)24(30)28-25(16-26)10-11-25/h4-5,8-9,18-19H,2-3,6-7,10-15H2,1H3,(H,28,30)/t18-,19-/m1/s1. The molecule has 1 aromatic heterocycles. The fourth-order valence-corrected chi connectivity index (χ4v) is 6.47. The largest absolute Gasteiger partial charge is 0.445 e. The number of nitrogens with zero attached hydrogens (tertiary/aromatic N) is 3. The van der Waals surface area contributed by atoms with Gasteiger partial charge < -0.3 is 14.6 Å². The zero-order valence-corrected chi connectivity index (χ0v) is 20.2. The van der Waals surface area contributed by atoms with Gasteiger partial charge in [0, 0.05) is 43.1 Å². The number of nitriles is 1. The van der Waals surface area contributed by atoms with Crippen LogP contribution >= 0.6 is 0 Å². The second-order valence-corrected chi connectivity index (χ2v) is 12.1. The molecule has 1 N–H and O–H groups in total. The Bertz CT molecular complexity index is 1230. The van der Waals surface area contributed by atoms with Gasteiger partial charge in [-0.2, -0.15) is 5.26 Å². The summed E-state index contributed by atoms with van der Waals surface area (Å²) in [6, 6.07) is 10.1. The van der Waals surface area contributed by atoms with Gasteiger partial charge in [-0.3, -0.25) is 4.79 Å². The molecule has 1 aliphatic heterocycles. The molecule has 2 atom stereocenters. The Morgan fingerprint density at radius 1 is 1.21 bits per heavy atom. The van der Waals surface area contributed by atoms with Crippen LogP contribution in [-0.2, 0) is 14.6 Å². The number of benzene rings is 1. The number of carbonyl (C=O) groups is 1. The first-order chi connectivity index (χ1) is 16.3. The highest BCUT2D eigenvalue weighted by Gasteiger charge is 2.47. The lowest BCUT2D eigenvalue weighted by atomic mass is 9.76. The van der Waals surface area contributed by atoms with Gasteiger partial charge in [0.05, 0.1) is 17.6 Å². The van der Waals surface area contributed by atoms with E-state index in [2.05, 4.69) is 16.3 Å². The van der Waals surface area contributed by atoms with Crippen molar-refractivity contribution in [2.24, 2.45) is 5.92 Å². The van der Waals surface area contributed by atoms with Gasteiger partial charge in [-0.25, -0.2) is 13.4 Å². The lowest BCUT2D eigenvalue weighted by molar-refractivity contribution is -0.127. The Balaban J connectivity index is 1.48. The van der Waals surface area contributed by atoms with Gasteiger partial charge in [0.1, 0.15) is 17.0 Å². The molecule has 1 aromatic carbocycles. The molecule has 3 aliphatic rings. The molecule has 5 rings (SSSR count). The van der Waals surface area contributed by atoms with Gasteiger partial charge >= 0.3 is 0 Å². The molecule has 1 saturated heterocycles. The van der Waals surface area contributed by atoms with E-state index in [1.54, 1.807) is 0 Å². The monoisotopic (exact) mass is 482 g/mol. The number of aromatic nitrogens is 1. The van der Waals surface area contributed by atoms with Crippen molar-refractivity contribution in [3.8, 4) is 17.3 Å². The second kappa shape index (κ2) is 8.73. The molecule has 1 amide bonds. The smallest absolute Gasteiger partial charge is 0.225 e. The molecule has 0 bridgehead atoms. The van der Waals surface area contributed by atoms with Gasteiger partial charge in [-0.1, -0.05) is 31.0 Å². The summed E-state index contributed by atoms with van der Waals surface area (Å²) in [7, 11) is -2.99. The Morgan fingerprint density at radius 3 is 2.62 bits per heavy atom. The van der Waals surface area contributed by atoms with E-state index in [1.165, 1.54) is 0 Å². The normalized spacial score (nSPS) is 25.4. The van der Waals surface area contributed by atoms with Crippen molar-refractivity contribution in [2.45, 2.75) is 56.9 Å². The SMILES string of the molecule is Cc1nc(-c2ccccc2N2CCS(=O)(=O)CC2)c([C@@H]2CCCC[C@H]2C(=O)NC2(C#N)CC2)o1. The van der Waals surface area contributed by atoms with Crippen molar-refractivity contribution in [1.82, 2.24) is 10.3 Å². The van der Waals surface area contributed by atoms with Crippen molar-refractivity contribution in [3.05, 3.63) is 35.9 Å². The summed E-state index contributed by atoms with van der Waals surface area (Å²) in [6.07, 6.45) is 4.96. The Morgan fingerprint density at radius 2 is 1.91 bits per heavy atom. The molecule has 9 heteroatoms. The number of carbonyl (C=O) groups excluding carboxylic acids is 1. The van der Waals surface area contributed by atoms with Crippen molar-refractivity contribution in [2.75, 3.05) is 29.5 Å². The van der Waals surface area contributed by atoms with Crippen LogP contribution in [0, 0.1) is 24.2 Å². The predicted octanol–water partition coefficient (Wildman–Crippen LogP) is 3.33. The van der Waals surface area contributed by atoms with Crippen LogP contribution in [0.2, 0.25) is 0 Å². The fraction of sp³-hybridized carbons (Fsp3) is 0.560. The molecule has 3 fully saturated rings. The average molecular weight is 483 g/mol. The van der Waals surface area contributed by atoms with Crippen LogP contribution in [0.1, 0.15) is 56.1 Å². The minimum atomic E-state index is -2.99. The molecular weight excluding hydrogens is 452 g/mol. The topological polar surface area (TPSA) is 116 Å². The van der Waals surface area contributed by atoms with Gasteiger partial charge in [0.25, 0.3) is 0 Å². The van der Waals surface area contributed by atoms with Gasteiger partial charge in [-0.05, 0) is 31.7 Å².